The zero-order chi connectivity index (χ0) is 9.68. The van der Waals surface area contributed by atoms with E-state index in [2.05, 4.69) is 10.5 Å². The first-order valence-electron chi connectivity index (χ1n) is 3.80. The number of nitrogens with one attached hydrogen (secondary N) is 1. The highest BCUT2D eigenvalue weighted by molar-refractivity contribution is 5.53. The molecule has 1 rings (SSSR count). The van der Waals surface area contributed by atoms with Crippen molar-refractivity contribution in [1.29, 1.82) is 0 Å². The average Bonchev–Trinajstić information content (AvgIpc) is 2.18. The first kappa shape index (κ1) is 9.63. The van der Waals surface area contributed by atoms with Gasteiger partial charge in [0.05, 0.1) is 6.67 Å². The Morgan fingerprint density at radius 1 is 1.46 bits per heavy atom. The van der Waals surface area contributed by atoms with Gasteiger partial charge < -0.3 is 15.6 Å². The molecular weight excluding hydrogens is 170 g/mol. The van der Waals surface area contributed by atoms with Crippen LogP contribution in [0.4, 0.5) is 11.4 Å². The van der Waals surface area contributed by atoms with Crippen LogP contribution >= 0.6 is 0 Å². The van der Waals surface area contributed by atoms with Crippen LogP contribution in [-0.2, 0) is 0 Å². The summed E-state index contributed by atoms with van der Waals surface area (Å²) in [5.41, 5.74) is 0.823. The van der Waals surface area contributed by atoms with Crippen LogP contribution in [0, 0.1) is 10.1 Å². The molecule has 0 bridgehead atoms. The number of rotatable bonds is 4. The Bertz CT molecular complexity index is 273. The van der Waals surface area contributed by atoms with Gasteiger partial charge in [0.15, 0.2) is 0 Å². The van der Waals surface area contributed by atoms with Gasteiger partial charge in [-0.3, -0.25) is 0 Å². The van der Waals surface area contributed by atoms with Crippen LogP contribution in [0.15, 0.2) is 29.4 Å². The molecule has 0 aliphatic heterocycles. The van der Waals surface area contributed by atoms with Crippen LogP contribution in [0.25, 0.3) is 0 Å². The minimum atomic E-state index is 0.216. The zero-order valence-electron chi connectivity index (χ0n) is 7.23. The summed E-state index contributed by atoms with van der Waals surface area (Å²) < 4.78 is 0. The molecule has 1 aromatic carbocycles. The predicted molar refractivity (Wildman–Crippen MR) is 51.7 cm³/mol. The van der Waals surface area contributed by atoms with Gasteiger partial charge in [-0.2, -0.15) is 0 Å². The molecule has 70 valence electrons. The van der Waals surface area contributed by atoms with Crippen LogP contribution in [0.1, 0.15) is 0 Å². The SMILES string of the molecule is CNCN([O-])c1ccc(N=O)cc1. The lowest BCUT2D eigenvalue weighted by Gasteiger charge is -2.29. The minimum Gasteiger partial charge on any atom is -0.757 e. The van der Waals surface area contributed by atoms with E-state index < -0.39 is 0 Å². The zero-order valence-corrected chi connectivity index (χ0v) is 7.23. The van der Waals surface area contributed by atoms with Gasteiger partial charge in [-0.05, 0) is 36.5 Å². The molecule has 1 aromatic rings. The maximum absolute atomic E-state index is 11.2. The van der Waals surface area contributed by atoms with Crippen LogP contribution in [0.2, 0.25) is 0 Å². The second kappa shape index (κ2) is 4.54. The third kappa shape index (κ3) is 2.50. The largest absolute Gasteiger partial charge is 0.757 e. The normalized spacial score (nSPS) is 9.69. The average molecular weight is 180 g/mol. The molecule has 13 heavy (non-hydrogen) atoms. The van der Waals surface area contributed by atoms with Crippen LogP contribution in [0.3, 0.4) is 0 Å². The molecule has 0 heterocycles. The standard InChI is InChI=1S/C8H10N3O2/c1-9-6-11(13)8-4-2-7(10-12)3-5-8/h2-5,9H,6H2,1H3/q-1. The molecule has 5 nitrogen and oxygen atoms in total. The Morgan fingerprint density at radius 2 is 2.08 bits per heavy atom. The lowest BCUT2D eigenvalue weighted by Crippen LogP contribution is -2.26. The van der Waals surface area contributed by atoms with Crippen molar-refractivity contribution in [2.45, 2.75) is 0 Å². The molecule has 0 aromatic heterocycles. The van der Waals surface area contributed by atoms with Gasteiger partial charge in [-0.1, -0.05) is 0 Å². The molecule has 0 atom stereocenters. The van der Waals surface area contributed by atoms with E-state index in [1.165, 1.54) is 12.1 Å². The Balaban J connectivity index is 2.73. The summed E-state index contributed by atoms with van der Waals surface area (Å²) in [5.74, 6) is 0. The van der Waals surface area contributed by atoms with E-state index in [0.717, 1.165) is 5.06 Å². The summed E-state index contributed by atoms with van der Waals surface area (Å²) in [6.45, 7) is 0.216. The summed E-state index contributed by atoms with van der Waals surface area (Å²) in [6.07, 6.45) is 0. The van der Waals surface area contributed by atoms with Crippen molar-refractivity contribution in [2.75, 3.05) is 18.8 Å². The molecule has 0 fully saturated rings. The first-order chi connectivity index (χ1) is 6.27. The lowest BCUT2D eigenvalue weighted by atomic mass is 10.3. The van der Waals surface area contributed by atoms with Gasteiger partial charge >= 0.3 is 0 Å². The predicted octanol–water partition coefficient (Wildman–Crippen LogP) is 1.57. The molecule has 0 saturated heterocycles. The van der Waals surface area contributed by atoms with Crippen molar-refractivity contribution >= 4 is 11.4 Å². The van der Waals surface area contributed by atoms with Crippen molar-refractivity contribution in [3.05, 3.63) is 34.4 Å². The molecule has 0 saturated carbocycles. The van der Waals surface area contributed by atoms with E-state index in [9.17, 15) is 10.1 Å². The fraction of sp³-hybridized carbons (Fsp3) is 0.250. The molecule has 0 spiro atoms. The summed E-state index contributed by atoms with van der Waals surface area (Å²) in [6, 6.07) is 6.12. The second-order valence-electron chi connectivity index (χ2n) is 2.50. The topological polar surface area (TPSA) is 67.8 Å². The van der Waals surface area contributed by atoms with E-state index >= 15 is 0 Å². The molecule has 0 aliphatic rings. The Morgan fingerprint density at radius 3 is 2.54 bits per heavy atom. The maximum Gasteiger partial charge on any atom is 0.108 e. The van der Waals surface area contributed by atoms with Crippen molar-refractivity contribution in [3.63, 3.8) is 0 Å². The number of hydrogen-bond donors (Lipinski definition) is 1. The van der Waals surface area contributed by atoms with Gasteiger partial charge in [0.1, 0.15) is 5.69 Å². The van der Waals surface area contributed by atoms with E-state index in [0.29, 0.717) is 11.4 Å². The van der Waals surface area contributed by atoms with Crippen molar-refractivity contribution in [2.24, 2.45) is 5.18 Å². The van der Waals surface area contributed by atoms with E-state index in [-0.39, 0.29) is 6.67 Å². The number of nitrogens with zero attached hydrogens (tertiary/aromatic N) is 2. The summed E-state index contributed by atoms with van der Waals surface area (Å²) in [7, 11) is 1.69. The summed E-state index contributed by atoms with van der Waals surface area (Å²) in [5, 5.41) is 17.4. The maximum atomic E-state index is 11.2. The van der Waals surface area contributed by atoms with Crippen molar-refractivity contribution in [3.8, 4) is 0 Å². The van der Waals surface area contributed by atoms with E-state index in [1.807, 2.05) is 0 Å². The number of hydroxylamine groups is 1. The molecule has 0 radical (unpaired) electrons. The number of nitroso groups, excluding NO2 is 1. The van der Waals surface area contributed by atoms with Gasteiger partial charge in [0, 0.05) is 5.69 Å². The fourth-order valence-electron chi connectivity index (χ4n) is 0.915. The quantitative estimate of drug-likeness (QED) is 0.433. The first-order valence-corrected chi connectivity index (χ1v) is 3.80. The monoisotopic (exact) mass is 180 g/mol. The third-order valence-corrected chi connectivity index (χ3v) is 1.54. The van der Waals surface area contributed by atoms with Gasteiger partial charge in [-0.25, -0.2) is 0 Å². The highest BCUT2D eigenvalue weighted by Crippen LogP contribution is 2.18. The van der Waals surface area contributed by atoms with Gasteiger partial charge in [-0.15, -0.1) is 4.91 Å². The van der Waals surface area contributed by atoms with Crippen LogP contribution < -0.4 is 10.4 Å². The molecule has 0 amide bonds. The molecule has 0 aliphatic carbocycles. The number of anilines is 1. The smallest absolute Gasteiger partial charge is 0.108 e. The highest BCUT2D eigenvalue weighted by Gasteiger charge is 1.94. The van der Waals surface area contributed by atoms with Crippen molar-refractivity contribution < 1.29 is 0 Å². The molecule has 1 N–H and O–H groups in total. The van der Waals surface area contributed by atoms with Gasteiger partial charge in [0.2, 0.25) is 0 Å². The van der Waals surface area contributed by atoms with E-state index in [1.54, 1.807) is 19.2 Å². The molecule has 5 heteroatoms. The molecular formula is C8H10N3O2-. The number of benzene rings is 1. The second-order valence-corrected chi connectivity index (χ2v) is 2.50. The van der Waals surface area contributed by atoms with Crippen molar-refractivity contribution in [1.82, 2.24) is 5.32 Å². The minimum absolute atomic E-state index is 0.216. The fourth-order valence-corrected chi connectivity index (χ4v) is 0.915. The Hall–Kier alpha value is -1.46. The lowest BCUT2D eigenvalue weighted by molar-refractivity contribution is 0.799. The van der Waals surface area contributed by atoms with Crippen LogP contribution in [-0.4, -0.2) is 13.7 Å². The Labute approximate surface area is 75.9 Å². The third-order valence-electron chi connectivity index (χ3n) is 1.54. The summed E-state index contributed by atoms with van der Waals surface area (Å²) in [4.78, 5) is 10.1. The number of hydrogen-bond acceptors (Lipinski definition) is 5. The summed E-state index contributed by atoms with van der Waals surface area (Å²) >= 11 is 0. The van der Waals surface area contributed by atoms with Crippen LogP contribution in [0.5, 0.6) is 0 Å². The molecule has 0 unspecified atom stereocenters. The van der Waals surface area contributed by atoms with E-state index in [4.69, 9.17) is 0 Å². The van der Waals surface area contributed by atoms with Gasteiger partial charge in [0.25, 0.3) is 0 Å². The highest BCUT2D eigenvalue weighted by atomic mass is 16.5. The Kier molecular flexibility index (Phi) is 3.36.